The van der Waals surface area contributed by atoms with Gasteiger partial charge in [0.15, 0.2) is 0 Å². The summed E-state index contributed by atoms with van der Waals surface area (Å²) in [6.07, 6.45) is 1.43. The Hall–Kier alpha value is -0.650. The maximum Gasteiger partial charge on any atom is 0.128 e. The molecule has 2 atom stereocenters. The van der Waals surface area contributed by atoms with Gasteiger partial charge in [-0.15, -0.1) is 0 Å². The molecule has 4 nitrogen and oxygen atoms in total. The van der Waals surface area contributed by atoms with Gasteiger partial charge in [-0.1, -0.05) is 0 Å². The fraction of sp³-hybridized carbons (Fsp3) is 0.545. The Labute approximate surface area is 104 Å². The maximum absolute atomic E-state index is 9.74. The lowest BCUT2D eigenvalue weighted by Crippen LogP contribution is -2.56. The van der Waals surface area contributed by atoms with E-state index in [1.807, 2.05) is 19.1 Å². The fourth-order valence-electron chi connectivity index (χ4n) is 1.98. The molecule has 2 N–H and O–H groups in total. The Morgan fingerprint density at radius 2 is 2.44 bits per heavy atom. The molecule has 2 rings (SSSR count). The van der Waals surface area contributed by atoms with Crippen molar-refractivity contribution in [1.82, 2.24) is 10.3 Å². The Morgan fingerprint density at radius 3 is 3.06 bits per heavy atom. The van der Waals surface area contributed by atoms with E-state index < -0.39 is 0 Å². The van der Waals surface area contributed by atoms with Crippen molar-refractivity contribution in [3.8, 4) is 0 Å². The number of hydrogen-bond donors (Lipinski definition) is 2. The SMILES string of the molecule is CC(O)C1CNCCN1c1ccc(Br)cn1. The van der Waals surface area contributed by atoms with Gasteiger partial charge in [-0.05, 0) is 35.0 Å². The van der Waals surface area contributed by atoms with E-state index in [0.29, 0.717) is 0 Å². The highest BCUT2D eigenvalue weighted by molar-refractivity contribution is 9.10. The highest BCUT2D eigenvalue weighted by atomic mass is 79.9. The van der Waals surface area contributed by atoms with Crippen LogP contribution in [0.5, 0.6) is 0 Å². The molecule has 1 aromatic rings. The molecule has 0 spiro atoms. The predicted molar refractivity (Wildman–Crippen MR) is 67.6 cm³/mol. The standard InChI is InChI=1S/C11H16BrN3O/c1-8(16)10-7-13-4-5-15(10)11-3-2-9(12)6-14-11/h2-3,6,8,10,13,16H,4-5,7H2,1H3. The molecule has 1 aliphatic rings. The molecule has 1 aliphatic heterocycles. The maximum atomic E-state index is 9.74. The van der Waals surface area contributed by atoms with Crippen molar-refractivity contribution in [2.75, 3.05) is 24.5 Å². The molecule has 5 heteroatoms. The second-order valence-electron chi connectivity index (χ2n) is 4.04. The number of aromatic nitrogens is 1. The van der Waals surface area contributed by atoms with Crippen LogP contribution in [0, 0.1) is 0 Å². The first kappa shape index (κ1) is 11.8. The van der Waals surface area contributed by atoms with Crippen LogP contribution >= 0.6 is 15.9 Å². The summed E-state index contributed by atoms with van der Waals surface area (Å²) >= 11 is 3.37. The van der Waals surface area contributed by atoms with Gasteiger partial charge in [-0.2, -0.15) is 0 Å². The van der Waals surface area contributed by atoms with Crippen LogP contribution in [0.25, 0.3) is 0 Å². The van der Waals surface area contributed by atoms with Crippen LogP contribution in [0.4, 0.5) is 5.82 Å². The molecule has 1 aromatic heterocycles. The third kappa shape index (κ3) is 2.53. The van der Waals surface area contributed by atoms with Crippen LogP contribution in [0.2, 0.25) is 0 Å². The molecule has 88 valence electrons. The summed E-state index contributed by atoms with van der Waals surface area (Å²) in [5.74, 6) is 0.926. The molecule has 2 unspecified atom stereocenters. The minimum atomic E-state index is -0.363. The summed E-state index contributed by atoms with van der Waals surface area (Å²) in [4.78, 5) is 6.54. The Balaban J connectivity index is 2.19. The summed E-state index contributed by atoms with van der Waals surface area (Å²) in [5.41, 5.74) is 0. The van der Waals surface area contributed by atoms with Crippen LogP contribution in [-0.4, -0.2) is 41.9 Å². The number of nitrogens with one attached hydrogen (secondary N) is 1. The normalized spacial score (nSPS) is 23.2. The Kier molecular flexibility index (Phi) is 3.78. The number of piperazine rings is 1. The predicted octanol–water partition coefficient (Wildman–Crippen LogP) is 1.00. The summed E-state index contributed by atoms with van der Waals surface area (Å²) in [7, 11) is 0. The van der Waals surface area contributed by atoms with Crippen LogP contribution in [0.15, 0.2) is 22.8 Å². The summed E-state index contributed by atoms with van der Waals surface area (Å²) < 4.78 is 0.972. The van der Waals surface area contributed by atoms with E-state index in [2.05, 4.69) is 31.1 Å². The second kappa shape index (κ2) is 5.12. The van der Waals surface area contributed by atoms with Crippen LogP contribution in [-0.2, 0) is 0 Å². The zero-order chi connectivity index (χ0) is 11.5. The van der Waals surface area contributed by atoms with Gasteiger partial charge in [-0.25, -0.2) is 4.98 Å². The highest BCUT2D eigenvalue weighted by Crippen LogP contribution is 2.19. The number of aliphatic hydroxyl groups is 1. The van der Waals surface area contributed by atoms with Crippen molar-refractivity contribution in [2.45, 2.75) is 19.1 Å². The van der Waals surface area contributed by atoms with Crippen molar-refractivity contribution in [2.24, 2.45) is 0 Å². The topological polar surface area (TPSA) is 48.4 Å². The van der Waals surface area contributed by atoms with E-state index in [9.17, 15) is 5.11 Å². The fourth-order valence-corrected chi connectivity index (χ4v) is 2.21. The van der Waals surface area contributed by atoms with Crippen molar-refractivity contribution < 1.29 is 5.11 Å². The smallest absolute Gasteiger partial charge is 0.128 e. The first-order valence-electron chi connectivity index (χ1n) is 5.45. The molecule has 0 radical (unpaired) electrons. The Bertz CT molecular complexity index is 342. The average Bonchev–Trinajstić information content (AvgIpc) is 2.30. The number of rotatable bonds is 2. The van der Waals surface area contributed by atoms with E-state index in [0.717, 1.165) is 29.9 Å². The molecule has 1 saturated heterocycles. The summed E-state index contributed by atoms with van der Waals surface area (Å²) in [6, 6.07) is 4.05. The third-order valence-electron chi connectivity index (χ3n) is 2.85. The molecular formula is C11H16BrN3O. The number of aliphatic hydroxyl groups excluding tert-OH is 1. The van der Waals surface area contributed by atoms with Gasteiger partial charge >= 0.3 is 0 Å². The molecule has 1 fully saturated rings. The van der Waals surface area contributed by atoms with Crippen LogP contribution < -0.4 is 10.2 Å². The lowest BCUT2D eigenvalue weighted by atomic mass is 10.1. The molecule has 0 aliphatic carbocycles. The van der Waals surface area contributed by atoms with Gasteiger partial charge in [0.25, 0.3) is 0 Å². The van der Waals surface area contributed by atoms with E-state index in [4.69, 9.17) is 0 Å². The van der Waals surface area contributed by atoms with Gasteiger partial charge in [-0.3, -0.25) is 0 Å². The van der Waals surface area contributed by atoms with Gasteiger partial charge in [0.05, 0.1) is 12.1 Å². The number of nitrogens with zero attached hydrogens (tertiary/aromatic N) is 2. The van der Waals surface area contributed by atoms with Gasteiger partial charge in [0, 0.05) is 30.3 Å². The highest BCUT2D eigenvalue weighted by Gasteiger charge is 2.26. The Morgan fingerprint density at radius 1 is 1.62 bits per heavy atom. The second-order valence-corrected chi connectivity index (χ2v) is 4.96. The largest absolute Gasteiger partial charge is 0.391 e. The molecule has 0 saturated carbocycles. The minimum absolute atomic E-state index is 0.0995. The quantitative estimate of drug-likeness (QED) is 0.851. The summed E-state index contributed by atoms with van der Waals surface area (Å²) in [6.45, 7) is 4.43. The molecule has 0 bridgehead atoms. The number of pyridine rings is 1. The monoisotopic (exact) mass is 285 g/mol. The minimum Gasteiger partial charge on any atom is -0.391 e. The molecular weight excluding hydrogens is 270 g/mol. The van der Waals surface area contributed by atoms with Gasteiger partial charge in [0.1, 0.15) is 5.82 Å². The zero-order valence-corrected chi connectivity index (χ0v) is 10.8. The lowest BCUT2D eigenvalue weighted by molar-refractivity contribution is 0.150. The molecule has 16 heavy (non-hydrogen) atoms. The van der Waals surface area contributed by atoms with Crippen molar-refractivity contribution >= 4 is 21.7 Å². The van der Waals surface area contributed by atoms with E-state index >= 15 is 0 Å². The van der Waals surface area contributed by atoms with Crippen molar-refractivity contribution in [3.05, 3.63) is 22.8 Å². The van der Waals surface area contributed by atoms with Crippen LogP contribution in [0.3, 0.4) is 0 Å². The zero-order valence-electron chi connectivity index (χ0n) is 9.23. The molecule has 0 aromatic carbocycles. The van der Waals surface area contributed by atoms with E-state index in [-0.39, 0.29) is 12.1 Å². The number of anilines is 1. The molecule has 0 amide bonds. The third-order valence-corrected chi connectivity index (χ3v) is 3.32. The molecule has 2 heterocycles. The van der Waals surface area contributed by atoms with Gasteiger partial charge in [0.2, 0.25) is 0 Å². The lowest BCUT2D eigenvalue weighted by Gasteiger charge is -2.38. The van der Waals surface area contributed by atoms with Crippen molar-refractivity contribution in [1.29, 1.82) is 0 Å². The first-order valence-corrected chi connectivity index (χ1v) is 6.25. The van der Waals surface area contributed by atoms with E-state index in [1.54, 1.807) is 6.20 Å². The van der Waals surface area contributed by atoms with Gasteiger partial charge < -0.3 is 15.3 Å². The van der Waals surface area contributed by atoms with E-state index in [1.165, 1.54) is 0 Å². The van der Waals surface area contributed by atoms with Crippen LogP contribution in [0.1, 0.15) is 6.92 Å². The average molecular weight is 286 g/mol. The van der Waals surface area contributed by atoms with Crippen molar-refractivity contribution in [3.63, 3.8) is 0 Å². The first-order chi connectivity index (χ1) is 7.68. The summed E-state index contributed by atoms with van der Waals surface area (Å²) in [5, 5.41) is 13.0. The number of halogens is 1. The number of hydrogen-bond acceptors (Lipinski definition) is 4.